The van der Waals surface area contributed by atoms with Crippen LogP contribution in [0.3, 0.4) is 0 Å². The Morgan fingerprint density at radius 2 is 2.25 bits per heavy atom. The summed E-state index contributed by atoms with van der Waals surface area (Å²) < 4.78 is 5.48. The zero-order valence-electron chi connectivity index (χ0n) is 9.26. The molecule has 0 aliphatic carbocycles. The highest BCUT2D eigenvalue weighted by atomic mass is 16.5. The van der Waals surface area contributed by atoms with Crippen molar-refractivity contribution in [1.82, 2.24) is 25.5 Å². The number of amides is 1. The normalized spacial score (nSPS) is 28.3. The van der Waals surface area contributed by atoms with Crippen LogP contribution in [0, 0.1) is 0 Å². The van der Waals surface area contributed by atoms with Gasteiger partial charge in [-0.25, -0.2) is 4.79 Å². The average molecular weight is 227 g/mol. The van der Waals surface area contributed by atoms with E-state index in [0.29, 0.717) is 5.82 Å². The maximum Gasteiger partial charge on any atom is 0.410 e. The number of H-pyrrole nitrogens is 1. The molecule has 8 heteroatoms. The van der Waals surface area contributed by atoms with Crippen molar-refractivity contribution in [3.63, 3.8) is 0 Å². The molecule has 2 N–H and O–H groups in total. The lowest BCUT2D eigenvalue weighted by Gasteiger charge is -2.35. The van der Waals surface area contributed by atoms with Crippen LogP contribution < -0.4 is 0 Å². The SMILES string of the molecule is CC1(C)OC[C@@](C)(c2nn[nH]n2)N1C(=O)O. The minimum Gasteiger partial charge on any atom is -0.465 e. The van der Waals surface area contributed by atoms with Gasteiger partial charge < -0.3 is 9.84 Å². The molecular weight excluding hydrogens is 214 g/mol. The molecule has 2 heterocycles. The molecule has 1 saturated heterocycles. The Labute approximate surface area is 91.6 Å². The van der Waals surface area contributed by atoms with Gasteiger partial charge in [0.2, 0.25) is 5.82 Å². The molecule has 1 aromatic heterocycles. The summed E-state index contributed by atoms with van der Waals surface area (Å²) in [5.74, 6) is 0.306. The van der Waals surface area contributed by atoms with Crippen LogP contribution in [0.15, 0.2) is 0 Å². The zero-order valence-corrected chi connectivity index (χ0v) is 9.26. The van der Waals surface area contributed by atoms with Crippen LogP contribution in [0.2, 0.25) is 0 Å². The summed E-state index contributed by atoms with van der Waals surface area (Å²) in [5.41, 5.74) is -1.82. The zero-order chi connectivity index (χ0) is 12.0. The monoisotopic (exact) mass is 227 g/mol. The van der Waals surface area contributed by atoms with Gasteiger partial charge in [-0.1, -0.05) is 5.21 Å². The van der Waals surface area contributed by atoms with E-state index in [1.54, 1.807) is 20.8 Å². The molecule has 0 unspecified atom stereocenters. The lowest BCUT2D eigenvalue weighted by molar-refractivity contribution is -0.0470. The Kier molecular flexibility index (Phi) is 2.12. The number of hydrogen-bond donors (Lipinski definition) is 2. The van der Waals surface area contributed by atoms with Gasteiger partial charge in [-0.2, -0.15) is 5.21 Å². The summed E-state index contributed by atoms with van der Waals surface area (Å²) in [6, 6.07) is 0. The van der Waals surface area contributed by atoms with Crippen LogP contribution in [0.4, 0.5) is 4.79 Å². The first-order chi connectivity index (χ1) is 7.38. The molecule has 8 nitrogen and oxygen atoms in total. The third-order valence-electron chi connectivity index (χ3n) is 2.76. The van der Waals surface area contributed by atoms with E-state index in [1.807, 2.05) is 0 Å². The van der Waals surface area contributed by atoms with Crippen LogP contribution in [-0.4, -0.2) is 49.1 Å². The lowest BCUT2D eigenvalue weighted by atomic mass is 10.0. The first-order valence-electron chi connectivity index (χ1n) is 4.79. The second-order valence-electron chi connectivity index (χ2n) is 4.36. The van der Waals surface area contributed by atoms with E-state index in [1.165, 1.54) is 4.90 Å². The quantitative estimate of drug-likeness (QED) is 0.708. The summed E-state index contributed by atoms with van der Waals surface area (Å²) in [5, 5.41) is 22.7. The van der Waals surface area contributed by atoms with Crippen LogP contribution in [0.5, 0.6) is 0 Å². The fraction of sp³-hybridized carbons (Fsp3) is 0.750. The molecule has 88 valence electrons. The highest BCUT2D eigenvalue weighted by molar-refractivity contribution is 5.67. The second kappa shape index (κ2) is 3.14. The largest absolute Gasteiger partial charge is 0.465 e. The smallest absolute Gasteiger partial charge is 0.410 e. The van der Waals surface area contributed by atoms with Gasteiger partial charge in [0.15, 0.2) is 0 Å². The van der Waals surface area contributed by atoms with E-state index >= 15 is 0 Å². The Bertz CT molecular complexity index is 404. The minimum absolute atomic E-state index is 0.200. The van der Waals surface area contributed by atoms with Crippen LogP contribution in [-0.2, 0) is 10.3 Å². The number of carbonyl (C=O) groups is 1. The Morgan fingerprint density at radius 3 is 2.75 bits per heavy atom. The third-order valence-corrected chi connectivity index (χ3v) is 2.76. The second-order valence-corrected chi connectivity index (χ2v) is 4.36. The molecule has 1 aliphatic heterocycles. The highest BCUT2D eigenvalue weighted by Gasteiger charge is 2.55. The standard InChI is InChI=1S/C8H13N5O3/c1-7(2)13(6(14)15)8(3,4-16-7)5-9-11-12-10-5/h4H2,1-3H3,(H,14,15)(H,9,10,11,12)/t8-/m0/s1. The molecule has 1 aromatic rings. The van der Waals surface area contributed by atoms with Gasteiger partial charge in [0.25, 0.3) is 0 Å². The number of hydrogen-bond acceptors (Lipinski definition) is 5. The molecule has 1 amide bonds. The number of rotatable bonds is 1. The summed E-state index contributed by atoms with van der Waals surface area (Å²) in [4.78, 5) is 12.5. The number of ether oxygens (including phenoxy) is 1. The number of nitrogens with zero attached hydrogens (tertiary/aromatic N) is 4. The summed E-state index contributed by atoms with van der Waals surface area (Å²) in [6.07, 6.45) is -1.07. The molecule has 1 atom stereocenters. The molecule has 1 fully saturated rings. The number of nitrogens with one attached hydrogen (secondary N) is 1. The van der Waals surface area contributed by atoms with Gasteiger partial charge in [0.05, 0.1) is 6.61 Å². The predicted molar refractivity (Wildman–Crippen MR) is 51.4 cm³/mol. The van der Waals surface area contributed by atoms with Crippen molar-refractivity contribution >= 4 is 6.09 Å². The van der Waals surface area contributed by atoms with E-state index < -0.39 is 17.4 Å². The van der Waals surface area contributed by atoms with Crippen molar-refractivity contribution in [2.75, 3.05) is 6.61 Å². The molecule has 0 saturated carbocycles. The van der Waals surface area contributed by atoms with Crippen molar-refractivity contribution in [2.24, 2.45) is 0 Å². The number of carboxylic acid groups (broad SMARTS) is 1. The molecule has 0 radical (unpaired) electrons. The Hall–Kier alpha value is -1.70. The van der Waals surface area contributed by atoms with Gasteiger partial charge in [-0.3, -0.25) is 4.90 Å². The molecular formula is C8H13N5O3. The summed E-state index contributed by atoms with van der Waals surface area (Å²) >= 11 is 0. The topological polar surface area (TPSA) is 104 Å². The molecule has 0 spiro atoms. The van der Waals surface area contributed by atoms with Crippen LogP contribution in [0.1, 0.15) is 26.6 Å². The van der Waals surface area contributed by atoms with Crippen molar-refractivity contribution in [3.05, 3.63) is 5.82 Å². The van der Waals surface area contributed by atoms with Gasteiger partial charge in [-0.05, 0) is 20.8 Å². The van der Waals surface area contributed by atoms with Crippen molar-refractivity contribution < 1.29 is 14.6 Å². The molecule has 2 rings (SSSR count). The fourth-order valence-electron chi connectivity index (χ4n) is 2.04. The molecule has 1 aliphatic rings. The van der Waals surface area contributed by atoms with Crippen molar-refractivity contribution in [2.45, 2.75) is 32.0 Å². The molecule has 16 heavy (non-hydrogen) atoms. The first kappa shape index (κ1) is 10.8. The summed E-state index contributed by atoms with van der Waals surface area (Å²) in [6.45, 7) is 5.28. The molecule has 0 aromatic carbocycles. The van der Waals surface area contributed by atoms with Gasteiger partial charge in [0, 0.05) is 0 Å². The molecule has 0 bridgehead atoms. The van der Waals surface area contributed by atoms with Crippen molar-refractivity contribution in [3.8, 4) is 0 Å². The average Bonchev–Trinajstić information content (AvgIpc) is 2.72. The maximum absolute atomic E-state index is 11.3. The number of aromatic amines is 1. The van der Waals surface area contributed by atoms with Crippen LogP contribution >= 0.6 is 0 Å². The van der Waals surface area contributed by atoms with E-state index in [2.05, 4.69) is 20.6 Å². The van der Waals surface area contributed by atoms with E-state index in [9.17, 15) is 9.90 Å². The van der Waals surface area contributed by atoms with Crippen molar-refractivity contribution in [1.29, 1.82) is 0 Å². The first-order valence-corrected chi connectivity index (χ1v) is 4.79. The van der Waals surface area contributed by atoms with Gasteiger partial charge >= 0.3 is 6.09 Å². The Balaban J connectivity index is 2.46. The van der Waals surface area contributed by atoms with Crippen LogP contribution in [0.25, 0.3) is 0 Å². The Morgan fingerprint density at radius 1 is 1.56 bits per heavy atom. The number of aromatic nitrogens is 4. The summed E-state index contributed by atoms with van der Waals surface area (Å²) in [7, 11) is 0. The fourth-order valence-corrected chi connectivity index (χ4v) is 2.04. The van der Waals surface area contributed by atoms with E-state index in [4.69, 9.17) is 4.74 Å². The minimum atomic E-state index is -1.07. The highest BCUT2D eigenvalue weighted by Crippen LogP contribution is 2.39. The van der Waals surface area contributed by atoms with Gasteiger partial charge in [0.1, 0.15) is 11.3 Å². The third kappa shape index (κ3) is 1.33. The number of tetrazole rings is 1. The lowest BCUT2D eigenvalue weighted by Crippen LogP contribution is -2.52. The van der Waals surface area contributed by atoms with E-state index in [0.717, 1.165) is 0 Å². The van der Waals surface area contributed by atoms with Gasteiger partial charge in [-0.15, -0.1) is 10.2 Å². The van der Waals surface area contributed by atoms with E-state index in [-0.39, 0.29) is 6.61 Å². The predicted octanol–water partition coefficient (Wildman–Crippen LogP) is 0.161. The maximum atomic E-state index is 11.3.